The van der Waals surface area contributed by atoms with Crippen LogP contribution in [0, 0.1) is 5.92 Å². The van der Waals surface area contributed by atoms with Crippen LogP contribution in [0.4, 0.5) is 5.69 Å². The first-order valence-electron chi connectivity index (χ1n) is 5.19. The average molecular weight is 218 g/mol. The molecule has 0 saturated carbocycles. The fourth-order valence-corrected chi connectivity index (χ4v) is 1.73. The highest BCUT2D eigenvalue weighted by atomic mass is 16.3. The van der Waals surface area contributed by atoms with Crippen LogP contribution in [-0.4, -0.2) is 17.1 Å². The molecule has 0 bridgehead atoms. The number of rotatable bonds is 2. The minimum Gasteiger partial charge on any atom is -0.506 e. The highest BCUT2D eigenvalue weighted by molar-refractivity contribution is 5.95. The molecule has 0 aromatic heterocycles. The number of phenols is 1. The highest BCUT2D eigenvalue weighted by Gasteiger charge is 2.23. The number of anilines is 1. The number of phenolic OH excluding ortho intramolecular Hbond substituents is 1. The number of aromatic hydroxyl groups is 1. The molecule has 0 aliphatic heterocycles. The predicted octanol–water partition coefficient (Wildman–Crippen LogP) is 1.23. The van der Waals surface area contributed by atoms with Gasteiger partial charge in [-0.25, -0.2) is 0 Å². The number of carbonyl (C=O) groups excluding carboxylic acids is 1. The van der Waals surface area contributed by atoms with Crippen molar-refractivity contribution in [2.24, 2.45) is 11.7 Å². The number of benzene rings is 1. The molecule has 2 atom stereocenters. The van der Waals surface area contributed by atoms with E-state index in [1.54, 1.807) is 24.3 Å². The summed E-state index contributed by atoms with van der Waals surface area (Å²) >= 11 is 0. The van der Waals surface area contributed by atoms with Crippen LogP contribution in [0.2, 0.25) is 0 Å². The summed E-state index contributed by atoms with van der Waals surface area (Å²) in [6.07, 6.45) is 4.26. The molecule has 1 aliphatic rings. The number of amides is 1. The average Bonchev–Trinajstić information content (AvgIpc) is 2.68. The van der Waals surface area contributed by atoms with E-state index in [9.17, 15) is 9.90 Å². The van der Waals surface area contributed by atoms with Gasteiger partial charge in [0.1, 0.15) is 5.75 Å². The van der Waals surface area contributed by atoms with Gasteiger partial charge in [0.25, 0.3) is 0 Å². The van der Waals surface area contributed by atoms with Crippen molar-refractivity contribution in [1.29, 1.82) is 0 Å². The summed E-state index contributed by atoms with van der Waals surface area (Å²) in [6.45, 7) is 0. The number of carbonyl (C=O) groups is 1. The topological polar surface area (TPSA) is 75.4 Å². The minimum absolute atomic E-state index is 0.0416. The van der Waals surface area contributed by atoms with Crippen molar-refractivity contribution in [2.75, 3.05) is 5.32 Å². The van der Waals surface area contributed by atoms with Crippen molar-refractivity contribution in [1.82, 2.24) is 0 Å². The molecule has 84 valence electrons. The van der Waals surface area contributed by atoms with Crippen molar-refractivity contribution in [2.45, 2.75) is 12.5 Å². The van der Waals surface area contributed by atoms with E-state index < -0.39 is 0 Å². The van der Waals surface area contributed by atoms with E-state index in [2.05, 4.69) is 5.32 Å². The predicted molar refractivity (Wildman–Crippen MR) is 62.0 cm³/mol. The third kappa shape index (κ3) is 2.23. The van der Waals surface area contributed by atoms with Gasteiger partial charge >= 0.3 is 0 Å². The monoisotopic (exact) mass is 218 g/mol. The Morgan fingerprint density at radius 1 is 1.38 bits per heavy atom. The highest BCUT2D eigenvalue weighted by Crippen LogP contribution is 2.24. The second-order valence-electron chi connectivity index (χ2n) is 3.90. The zero-order valence-electron chi connectivity index (χ0n) is 8.76. The lowest BCUT2D eigenvalue weighted by Crippen LogP contribution is -2.23. The summed E-state index contributed by atoms with van der Waals surface area (Å²) in [5, 5.41) is 12.2. The maximum atomic E-state index is 11.8. The van der Waals surface area contributed by atoms with Crippen molar-refractivity contribution in [3.05, 3.63) is 36.4 Å². The first-order chi connectivity index (χ1) is 7.66. The minimum atomic E-state index is -0.199. The second kappa shape index (κ2) is 4.37. The van der Waals surface area contributed by atoms with Gasteiger partial charge in [0.15, 0.2) is 0 Å². The molecule has 1 aliphatic carbocycles. The molecular weight excluding hydrogens is 204 g/mol. The van der Waals surface area contributed by atoms with E-state index in [-0.39, 0.29) is 23.6 Å². The quantitative estimate of drug-likeness (QED) is 0.516. The van der Waals surface area contributed by atoms with Gasteiger partial charge in [0.05, 0.1) is 11.6 Å². The summed E-state index contributed by atoms with van der Waals surface area (Å²) < 4.78 is 0. The first-order valence-corrected chi connectivity index (χ1v) is 5.19. The fourth-order valence-electron chi connectivity index (χ4n) is 1.73. The Morgan fingerprint density at radius 2 is 2.12 bits per heavy atom. The summed E-state index contributed by atoms with van der Waals surface area (Å²) in [7, 11) is 0. The molecule has 4 nitrogen and oxygen atoms in total. The summed E-state index contributed by atoms with van der Waals surface area (Å²) in [4.78, 5) is 11.8. The fraction of sp³-hybridized carbons (Fsp3) is 0.250. The van der Waals surface area contributed by atoms with Crippen LogP contribution < -0.4 is 11.1 Å². The molecule has 0 fully saturated rings. The van der Waals surface area contributed by atoms with Crippen molar-refractivity contribution >= 4 is 11.6 Å². The maximum absolute atomic E-state index is 11.8. The Kier molecular flexibility index (Phi) is 2.92. The Morgan fingerprint density at radius 3 is 2.75 bits per heavy atom. The lowest BCUT2D eigenvalue weighted by atomic mass is 10.1. The summed E-state index contributed by atoms with van der Waals surface area (Å²) in [6, 6.07) is 6.61. The van der Waals surface area contributed by atoms with Gasteiger partial charge in [-0.2, -0.15) is 0 Å². The van der Waals surface area contributed by atoms with E-state index in [1.165, 1.54) is 6.07 Å². The molecule has 2 rings (SSSR count). The molecule has 1 amide bonds. The normalized spacial score (nSPS) is 23.3. The van der Waals surface area contributed by atoms with Crippen LogP contribution in [-0.2, 0) is 4.79 Å². The molecule has 16 heavy (non-hydrogen) atoms. The molecule has 0 heterocycles. The Hall–Kier alpha value is -1.81. The second-order valence-corrected chi connectivity index (χ2v) is 3.90. The molecule has 4 heteroatoms. The van der Waals surface area contributed by atoms with Gasteiger partial charge in [0.2, 0.25) is 5.91 Å². The van der Waals surface area contributed by atoms with Crippen molar-refractivity contribution in [3.63, 3.8) is 0 Å². The molecule has 2 unspecified atom stereocenters. The van der Waals surface area contributed by atoms with Crippen LogP contribution in [0.15, 0.2) is 36.4 Å². The molecular formula is C12H14N2O2. The van der Waals surface area contributed by atoms with E-state index in [4.69, 9.17) is 5.73 Å². The zero-order chi connectivity index (χ0) is 11.5. The Balaban J connectivity index is 2.03. The number of hydrogen-bond donors (Lipinski definition) is 3. The Bertz CT molecular complexity index is 429. The van der Waals surface area contributed by atoms with Gasteiger partial charge < -0.3 is 16.2 Å². The van der Waals surface area contributed by atoms with Gasteiger partial charge in [0, 0.05) is 6.04 Å². The lowest BCUT2D eigenvalue weighted by molar-refractivity contribution is -0.118. The molecule has 0 radical (unpaired) electrons. The largest absolute Gasteiger partial charge is 0.506 e. The summed E-state index contributed by atoms with van der Waals surface area (Å²) in [5.41, 5.74) is 6.10. The summed E-state index contributed by atoms with van der Waals surface area (Å²) in [5.74, 6) is -0.262. The van der Waals surface area contributed by atoms with Crippen LogP contribution in [0.1, 0.15) is 6.42 Å². The van der Waals surface area contributed by atoms with Crippen LogP contribution >= 0.6 is 0 Å². The molecule has 1 aromatic carbocycles. The smallest absolute Gasteiger partial charge is 0.231 e. The van der Waals surface area contributed by atoms with Crippen LogP contribution in [0.25, 0.3) is 0 Å². The standard InChI is InChI=1S/C12H14N2O2/c13-9-6-5-8(7-9)12(16)14-10-3-1-2-4-11(10)15/h1-6,8-9,15H,7,13H2,(H,14,16). The van der Waals surface area contributed by atoms with Crippen molar-refractivity contribution < 1.29 is 9.90 Å². The van der Waals surface area contributed by atoms with Gasteiger partial charge in [-0.1, -0.05) is 24.3 Å². The molecule has 1 aromatic rings. The number of para-hydroxylation sites is 2. The van der Waals surface area contributed by atoms with Crippen molar-refractivity contribution in [3.8, 4) is 5.75 Å². The van der Waals surface area contributed by atoms with Gasteiger partial charge in [-0.15, -0.1) is 0 Å². The van der Waals surface area contributed by atoms with E-state index in [0.29, 0.717) is 12.1 Å². The van der Waals surface area contributed by atoms with E-state index in [1.807, 2.05) is 6.08 Å². The third-order valence-electron chi connectivity index (χ3n) is 2.62. The van der Waals surface area contributed by atoms with E-state index in [0.717, 1.165) is 0 Å². The molecule has 4 N–H and O–H groups in total. The van der Waals surface area contributed by atoms with Crippen LogP contribution in [0.3, 0.4) is 0 Å². The molecule has 0 saturated heterocycles. The maximum Gasteiger partial charge on any atom is 0.231 e. The number of nitrogens with two attached hydrogens (primary N) is 1. The number of hydrogen-bond acceptors (Lipinski definition) is 3. The first kappa shape index (κ1) is 10.7. The van der Waals surface area contributed by atoms with Gasteiger partial charge in [-0.05, 0) is 18.6 Å². The third-order valence-corrected chi connectivity index (χ3v) is 2.62. The zero-order valence-corrected chi connectivity index (χ0v) is 8.76. The lowest BCUT2D eigenvalue weighted by Gasteiger charge is -2.11. The van der Waals surface area contributed by atoms with Crippen LogP contribution in [0.5, 0.6) is 5.75 Å². The van der Waals surface area contributed by atoms with E-state index >= 15 is 0 Å². The SMILES string of the molecule is NC1C=CC(C(=O)Nc2ccccc2O)C1. The van der Waals surface area contributed by atoms with Gasteiger partial charge in [-0.3, -0.25) is 4.79 Å². The number of nitrogens with one attached hydrogen (secondary N) is 1. The molecule has 0 spiro atoms. The Labute approximate surface area is 93.8 Å².